The van der Waals surface area contributed by atoms with Crippen molar-refractivity contribution >= 4 is 11.6 Å². The monoisotopic (exact) mass is 321 g/mol. The Kier molecular flexibility index (Phi) is 5.29. The van der Waals surface area contributed by atoms with Gasteiger partial charge in [0.05, 0.1) is 0 Å². The van der Waals surface area contributed by atoms with Crippen LogP contribution >= 0.6 is 11.6 Å². The Bertz CT molecular complexity index is 483. The molecule has 2 N–H and O–H groups in total. The SMILES string of the molecule is CC(C)(CC1CCC(C(C)(C)C)C(N)C1)c1ccc(Cl)cc1. The highest BCUT2D eigenvalue weighted by Gasteiger charge is 2.37. The van der Waals surface area contributed by atoms with Crippen molar-refractivity contribution in [3.05, 3.63) is 34.9 Å². The number of nitrogens with two attached hydrogens (primary N) is 1. The third-order valence-electron chi connectivity index (χ3n) is 5.55. The van der Waals surface area contributed by atoms with Crippen LogP contribution in [0.25, 0.3) is 0 Å². The Balaban J connectivity index is 2.01. The second-order valence-corrected chi connectivity index (χ2v) is 9.35. The number of rotatable bonds is 3. The summed E-state index contributed by atoms with van der Waals surface area (Å²) < 4.78 is 0. The highest BCUT2D eigenvalue weighted by molar-refractivity contribution is 6.30. The van der Waals surface area contributed by atoms with Gasteiger partial charge in [-0.25, -0.2) is 0 Å². The molecule has 2 rings (SSSR count). The van der Waals surface area contributed by atoms with E-state index in [0.717, 1.165) is 10.9 Å². The molecule has 0 aliphatic heterocycles. The lowest BCUT2D eigenvalue weighted by Gasteiger charge is -2.43. The van der Waals surface area contributed by atoms with E-state index in [1.807, 2.05) is 12.1 Å². The molecule has 1 aliphatic rings. The number of benzene rings is 1. The highest BCUT2D eigenvalue weighted by atomic mass is 35.5. The van der Waals surface area contributed by atoms with Crippen molar-refractivity contribution in [3.8, 4) is 0 Å². The molecule has 124 valence electrons. The minimum absolute atomic E-state index is 0.184. The zero-order valence-corrected chi connectivity index (χ0v) is 15.6. The van der Waals surface area contributed by atoms with Crippen molar-refractivity contribution in [1.82, 2.24) is 0 Å². The van der Waals surface area contributed by atoms with Crippen molar-refractivity contribution in [2.45, 2.75) is 71.8 Å². The first-order chi connectivity index (χ1) is 10.1. The van der Waals surface area contributed by atoms with E-state index in [9.17, 15) is 0 Å². The largest absolute Gasteiger partial charge is 0.327 e. The van der Waals surface area contributed by atoms with Gasteiger partial charge < -0.3 is 5.73 Å². The van der Waals surface area contributed by atoms with Gasteiger partial charge in [-0.1, -0.05) is 64.8 Å². The van der Waals surface area contributed by atoms with E-state index >= 15 is 0 Å². The average Bonchev–Trinajstić information content (AvgIpc) is 2.37. The lowest BCUT2D eigenvalue weighted by Crippen LogP contribution is -2.43. The summed E-state index contributed by atoms with van der Waals surface area (Å²) in [6, 6.07) is 8.69. The van der Waals surface area contributed by atoms with Crippen LogP contribution in [0.5, 0.6) is 0 Å². The second kappa shape index (κ2) is 6.53. The fraction of sp³-hybridized carbons (Fsp3) is 0.700. The van der Waals surface area contributed by atoms with E-state index < -0.39 is 0 Å². The van der Waals surface area contributed by atoms with Gasteiger partial charge in [-0.05, 0) is 59.6 Å². The molecule has 0 saturated heterocycles. The molecular weight excluding hydrogens is 290 g/mol. The van der Waals surface area contributed by atoms with Crippen LogP contribution in [0, 0.1) is 17.3 Å². The molecular formula is C20H32ClN. The van der Waals surface area contributed by atoms with Gasteiger partial charge in [0.1, 0.15) is 0 Å². The second-order valence-electron chi connectivity index (χ2n) is 8.91. The Morgan fingerprint density at radius 3 is 2.14 bits per heavy atom. The quantitative estimate of drug-likeness (QED) is 0.748. The van der Waals surface area contributed by atoms with Crippen molar-refractivity contribution in [2.75, 3.05) is 0 Å². The third-order valence-corrected chi connectivity index (χ3v) is 5.80. The maximum Gasteiger partial charge on any atom is 0.0406 e. The molecule has 1 saturated carbocycles. The summed E-state index contributed by atoms with van der Waals surface area (Å²) in [6.07, 6.45) is 4.96. The van der Waals surface area contributed by atoms with Crippen LogP contribution in [-0.2, 0) is 5.41 Å². The summed E-state index contributed by atoms with van der Waals surface area (Å²) in [5.74, 6) is 1.39. The Hall–Kier alpha value is -0.530. The fourth-order valence-corrected chi connectivity index (χ4v) is 4.42. The first-order valence-electron chi connectivity index (χ1n) is 8.61. The zero-order valence-electron chi connectivity index (χ0n) is 14.8. The van der Waals surface area contributed by atoms with E-state index in [-0.39, 0.29) is 5.41 Å². The van der Waals surface area contributed by atoms with E-state index in [2.05, 4.69) is 46.8 Å². The van der Waals surface area contributed by atoms with Gasteiger partial charge in [-0.3, -0.25) is 0 Å². The summed E-state index contributed by atoms with van der Waals surface area (Å²) in [6.45, 7) is 11.7. The van der Waals surface area contributed by atoms with Crippen LogP contribution in [0.4, 0.5) is 0 Å². The van der Waals surface area contributed by atoms with E-state index in [1.54, 1.807) is 0 Å². The number of hydrogen-bond acceptors (Lipinski definition) is 1. The maximum absolute atomic E-state index is 6.52. The Morgan fingerprint density at radius 2 is 1.64 bits per heavy atom. The lowest BCUT2D eigenvalue weighted by atomic mass is 9.64. The summed E-state index contributed by atoms with van der Waals surface area (Å²) >= 11 is 6.01. The molecule has 0 amide bonds. The normalized spacial score (nSPS) is 27.0. The van der Waals surface area contributed by atoms with Gasteiger partial charge in [0.15, 0.2) is 0 Å². The molecule has 22 heavy (non-hydrogen) atoms. The molecule has 0 heterocycles. The molecule has 0 aromatic heterocycles. The lowest BCUT2D eigenvalue weighted by molar-refractivity contribution is 0.113. The van der Waals surface area contributed by atoms with Gasteiger partial charge in [0.2, 0.25) is 0 Å². The summed E-state index contributed by atoms with van der Waals surface area (Å²) in [5, 5.41) is 0.812. The third kappa shape index (κ3) is 4.26. The van der Waals surface area contributed by atoms with Crippen molar-refractivity contribution in [3.63, 3.8) is 0 Å². The molecule has 1 nitrogen and oxygen atoms in total. The van der Waals surface area contributed by atoms with Crippen LogP contribution in [0.1, 0.15) is 65.9 Å². The molecule has 1 aliphatic carbocycles. The summed E-state index contributed by atoms with van der Waals surface area (Å²) in [7, 11) is 0. The van der Waals surface area contributed by atoms with Crippen molar-refractivity contribution < 1.29 is 0 Å². The first-order valence-corrected chi connectivity index (χ1v) is 8.99. The molecule has 1 aromatic rings. The predicted octanol–water partition coefficient (Wildman–Crippen LogP) is 5.80. The maximum atomic E-state index is 6.52. The number of hydrogen-bond donors (Lipinski definition) is 1. The molecule has 1 aromatic carbocycles. The Labute approximate surface area is 141 Å². The van der Waals surface area contributed by atoms with Crippen molar-refractivity contribution in [2.24, 2.45) is 23.0 Å². The average molecular weight is 322 g/mol. The van der Waals surface area contributed by atoms with Crippen LogP contribution < -0.4 is 5.73 Å². The minimum Gasteiger partial charge on any atom is -0.327 e. The van der Waals surface area contributed by atoms with Crippen LogP contribution in [0.2, 0.25) is 5.02 Å². The molecule has 3 atom stereocenters. The fourth-order valence-electron chi connectivity index (χ4n) is 4.30. The van der Waals surface area contributed by atoms with Crippen molar-refractivity contribution in [1.29, 1.82) is 0 Å². The molecule has 0 spiro atoms. The summed E-state index contributed by atoms with van der Waals surface area (Å²) in [5.41, 5.74) is 8.41. The van der Waals surface area contributed by atoms with Crippen LogP contribution in [-0.4, -0.2) is 6.04 Å². The smallest absolute Gasteiger partial charge is 0.0406 e. The highest BCUT2D eigenvalue weighted by Crippen LogP contribution is 2.43. The molecule has 3 unspecified atom stereocenters. The van der Waals surface area contributed by atoms with Gasteiger partial charge in [0.25, 0.3) is 0 Å². The standard InChI is InChI=1S/C20H32ClN/c1-19(2,3)17-11-6-14(12-18(17)22)13-20(4,5)15-7-9-16(21)10-8-15/h7-10,14,17-18H,6,11-13,22H2,1-5H3. The van der Waals surface area contributed by atoms with E-state index in [4.69, 9.17) is 17.3 Å². The van der Waals surface area contributed by atoms with Crippen LogP contribution in [0.15, 0.2) is 24.3 Å². The van der Waals surface area contributed by atoms with Gasteiger partial charge in [-0.2, -0.15) is 0 Å². The van der Waals surface area contributed by atoms with E-state index in [0.29, 0.717) is 17.4 Å². The topological polar surface area (TPSA) is 26.0 Å². The van der Waals surface area contributed by atoms with Gasteiger partial charge in [0, 0.05) is 11.1 Å². The Morgan fingerprint density at radius 1 is 1.05 bits per heavy atom. The predicted molar refractivity (Wildman–Crippen MR) is 97.4 cm³/mol. The molecule has 2 heteroatoms. The van der Waals surface area contributed by atoms with Gasteiger partial charge in [-0.15, -0.1) is 0 Å². The van der Waals surface area contributed by atoms with E-state index in [1.165, 1.54) is 31.2 Å². The van der Waals surface area contributed by atoms with Gasteiger partial charge >= 0.3 is 0 Å². The molecule has 1 fully saturated rings. The number of halogens is 1. The minimum atomic E-state index is 0.184. The van der Waals surface area contributed by atoms with Crippen LogP contribution in [0.3, 0.4) is 0 Å². The molecule has 0 radical (unpaired) electrons. The first kappa shape index (κ1) is 17.8. The zero-order chi connectivity index (χ0) is 16.5. The summed E-state index contributed by atoms with van der Waals surface area (Å²) in [4.78, 5) is 0. The molecule has 0 bridgehead atoms.